The fourth-order valence-electron chi connectivity index (χ4n) is 4.31. The van der Waals surface area contributed by atoms with Crippen LogP contribution in [0.5, 0.6) is 0 Å². The smallest absolute Gasteiger partial charge is 0.325 e. The summed E-state index contributed by atoms with van der Waals surface area (Å²) < 4.78 is 46.5. The topological polar surface area (TPSA) is 220 Å². The summed E-state index contributed by atoms with van der Waals surface area (Å²) in [5.41, 5.74) is 5.25. The maximum absolute atomic E-state index is 15.9. The highest BCUT2D eigenvalue weighted by molar-refractivity contribution is 8.07. The summed E-state index contributed by atoms with van der Waals surface area (Å²) >= 11 is 11.5. The summed E-state index contributed by atoms with van der Waals surface area (Å²) in [7, 11) is 0. The lowest BCUT2D eigenvalue weighted by Gasteiger charge is -2.25. The van der Waals surface area contributed by atoms with Gasteiger partial charge in [-0.15, -0.1) is 5.10 Å². The molecule has 2 aliphatic heterocycles. The van der Waals surface area contributed by atoms with Crippen molar-refractivity contribution in [1.82, 2.24) is 39.3 Å². The Bertz CT molecular complexity index is 1800. The number of rotatable bonds is 2. The van der Waals surface area contributed by atoms with Crippen LogP contribution in [0.25, 0.3) is 21.9 Å². The van der Waals surface area contributed by atoms with Gasteiger partial charge in [0.2, 0.25) is 0 Å². The molecule has 0 radical (unpaired) electrons. The van der Waals surface area contributed by atoms with Crippen molar-refractivity contribution in [2.75, 3.05) is 18.9 Å². The first-order valence-electron chi connectivity index (χ1n) is 12.0. The average molecular weight is 682 g/mol. The Hall–Kier alpha value is -2.13. The highest BCUT2D eigenvalue weighted by Gasteiger charge is 2.50. The Balaban J connectivity index is 1.35. The van der Waals surface area contributed by atoms with Crippen molar-refractivity contribution >= 4 is 64.7 Å². The Morgan fingerprint density at radius 1 is 1.21 bits per heavy atom. The van der Waals surface area contributed by atoms with Gasteiger partial charge in [0.05, 0.1) is 37.2 Å². The van der Waals surface area contributed by atoms with Gasteiger partial charge in [-0.25, -0.2) is 29.0 Å². The third-order valence-corrected chi connectivity index (χ3v) is 10.1. The van der Waals surface area contributed by atoms with Gasteiger partial charge < -0.3 is 38.8 Å². The molecule has 17 nitrogen and oxygen atoms in total. The van der Waals surface area contributed by atoms with Crippen molar-refractivity contribution in [1.29, 1.82) is 0 Å². The molecule has 2 unspecified atom stereocenters. The van der Waals surface area contributed by atoms with Gasteiger partial charge >= 0.3 is 13.4 Å². The fraction of sp³-hybridized carbons (Fsp3) is 0.474. The van der Waals surface area contributed by atoms with Crippen molar-refractivity contribution in [3.8, 4) is 10.7 Å². The first kappa shape index (κ1) is 29.9. The number of hydrogen-bond donors (Lipinski definition) is 4. The highest BCUT2D eigenvalue weighted by atomic mass is 32.5. The molecule has 0 aliphatic carbocycles. The van der Waals surface area contributed by atoms with E-state index in [1.807, 2.05) is 0 Å². The number of aromatic nitrogens is 8. The Morgan fingerprint density at radius 2 is 2.02 bits per heavy atom. The predicted molar refractivity (Wildman–Crippen MR) is 152 cm³/mol. The second-order valence-corrected chi connectivity index (χ2v) is 15.7. The third kappa shape index (κ3) is 6.10. The molecule has 4 aromatic rings. The number of H-pyrrole nitrogens is 1. The number of alkyl halides is 1. The van der Waals surface area contributed by atoms with Crippen LogP contribution < -0.4 is 11.3 Å². The first-order valence-corrected chi connectivity index (χ1v) is 18.0. The highest BCUT2D eigenvalue weighted by Crippen LogP contribution is 2.52. The zero-order chi connectivity index (χ0) is 29.8. The quantitative estimate of drug-likeness (QED) is 0.217. The zero-order valence-electron chi connectivity index (χ0n) is 21.3. The van der Waals surface area contributed by atoms with Gasteiger partial charge in [0.15, 0.2) is 40.3 Å². The molecule has 4 aromatic heterocycles. The van der Waals surface area contributed by atoms with E-state index in [1.165, 1.54) is 21.8 Å². The lowest BCUT2D eigenvalue weighted by Crippen LogP contribution is -2.32. The summed E-state index contributed by atoms with van der Waals surface area (Å²) in [5.74, 6) is 0.730. The standard InChI is InChI=1S/C19H22FN9O8P2S3/c1-8-24-16-13(17(30)25-8)23-7-28(16)18-14-12(20)9(36-18)5-34-38(31,40)33-3-2-29-11(6-35-39(32,41)37-14)26-15(27-29)10-4-22-19(21)42-10/h4,7,9,12,14,18H,2-3,5-6H2,1H3,(H2,21,22)(H,31,40)(H,32,41)(H,24,25,30)/t9-,12-,14-,18-,38?,39?/m1/s1. The van der Waals surface area contributed by atoms with E-state index in [4.69, 9.17) is 52.2 Å². The SMILES string of the molecule is Cc1nc2c(ncn2[C@@H]2O[C@@H]3COP(O)(=S)OCCn4nc(-c5cnc(N)s5)nc4COP(O)(=S)O[C@@H]2[C@@H]3F)c(=O)[nH]1. The number of aryl methyl sites for hydroxylation is 1. The molecule has 0 spiro atoms. The second kappa shape index (κ2) is 11.4. The van der Waals surface area contributed by atoms with E-state index in [-0.39, 0.29) is 48.4 Å². The Kier molecular flexibility index (Phi) is 8.13. The van der Waals surface area contributed by atoms with Gasteiger partial charge in [-0.3, -0.25) is 13.9 Å². The Morgan fingerprint density at radius 3 is 2.79 bits per heavy atom. The summed E-state index contributed by atoms with van der Waals surface area (Å²) in [5, 5.41) is 4.71. The number of thiazole rings is 1. The number of ether oxygens (including phenoxy) is 1. The molecular weight excluding hydrogens is 659 g/mol. The number of nitrogens with zero attached hydrogens (tertiary/aromatic N) is 7. The van der Waals surface area contributed by atoms with Crippen LogP contribution in [0.15, 0.2) is 17.3 Å². The lowest BCUT2D eigenvalue weighted by atomic mass is 10.1. The molecule has 1 saturated heterocycles. The largest absolute Gasteiger partial charge is 0.375 e. The second-order valence-electron chi connectivity index (χ2n) is 9.03. The van der Waals surface area contributed by atoms with Crippen molar-refractivity contribution in [2.24, 2.45) is 0 Å². The molecular formula is C19H22FN9O8P2S3. The number of imidazole rings is 1. The lowest BCUT2D eigenvalue weighted by molar-refractivity contribution is -0.0465. The first-order chi connectivity index (χ1) is 19.9. The number of aromatic amines is 1. The normalized spacial score (nSPS) is 31.0. The molecule has 5 N–H and O–H groups in total. The number of nitrogens with one attached hydrogen (secondary N) is 1. The number of halogens is 1. The summed E-state index contributed by atoms with van der Waals surface area (Å²) in [4.78, 5) is 53.8. The van der Waals surface area contributed by atoms with Crippen LogP contribution >= 0.6 is 24.8 Å². The van der Waals surface area contributed by atoms with Crippen molar-refractivity contribution < 1.29 is 37.0 Å². The van der Waals surface area contributed by atoms with E-state index in [2.05, 4.69) is 30.0 Å². The number of nitrogens with two attached hydrogens (primary N) is 1. The van der Waals surface area contributed by atoms with E-state index in [9.17, 15) is 14.6 Å². The Labute approximate surface area is 249 Å². The summed E-state index contributed by atoms with van der Waals surface area (Å²) in [6, 6.07) is 0. The number of anilines is 1. The third-order valence-electron chi connectivity index (χ3n) is 6.15. The van der Waals surface area contributed by atoms with Gasteiger partial charge in [0.1, 0.15) is 24.6 Å². The summed E-state index contributed by atoms with van der Waals surface area (Å²) in [6.45, 7) is -7.51. The number of fused-ring (bicyclic) bond motifs is 4. The van der Waals surface area contributed by atoms with Gasteiger partial charge in [-0.2, -0.15) is 0 Å². The average Bonchev–Trinajstić information content (AvgIpc) is 3.68. The summed E-state index contributed by atoms with van der Waals surface area (Å²) in [6.07, 6.45) is -3.52. The number of nitrogen functional groups attached to an aromatic ring is 1. The fourth-order valence-corrected chi connectivity index (χ4v) is 7.38. The van der Waals surface area contributed by atoms with Crippen LogP contribution in [0, 0.1) is 6.92 Å². The van der Waals surface area contributed by atoms with Gasteiger partial charge in [0, 0.05) is 0 Å². The predicted octanol–water partition coefficient (Wildman–Crippen LogP) is 1.04. The van der Waals surface area contributed by atoms with Crippen LogP contribution in [0.1, 0.15) is 17.9 Å². The molecule has 23 heteroatoms. The molecule has 2 aliphatic rings. The van der Waals surface area contributed by atoms with Crippen molar-refractivity contribution in [3.05, 3.63) is 34.5 Å². The van der Waals surface area contributed by atoms with Crippen molar-refractivity contribution in [3.63, 3.8) is 0 Å². The molecule has 42 heavy (non-hydrogen) atoms. The molecule has 0 aromatic carbocycles. The minimum absolute atomic E-state index is 0.0306. The van der Waals surface area contributed by atoms with Crippen LogP contribution in [-0.2, 0) is 59.6 Å². The molecule has 0 saturated carbocycles. The molecule has 6 atom stereocenters. The van der Waals surface area contributed by atoms with E-state index >= 15 is 4.39 Å². The van der Waals surface area contributed by atoms with Crippen LogP contribution in [0.4, 0.5) is 9.52 Å². The van der Waals surface area contributed by atoms with Gasteiger partial charge in [0.25, 0.3) is 5.56 Å². The molecule has 226 valence electrons. The minimum Gasteiger partial charge on any atom is -0.375 e. The maximum Gasteiger partial charge on any atom is 0.325 e. The van der Waals surface area contributed by atoms with E-state index in [1.54, 1.807) is 6.92 Å². The zero-order valence-corrected chi connectivity index (χ0v) is 25.6. The molecule has 6 rings (SSSR count). The van der Waals surface area contributed by atoms with Gasteiger partial charge in [-0.1, -0.05) is 11.3 Å². The minimum atomic E-state index is -4.17. The van der Waals surface area contributed by atoms with Crippen LogP contribution in [0.3, 0.4) is 0 Å². The van der Waals surface area contributed by atoms with Crippen molar-refractivity contribution in [2.45, 2.75) is 44.7 Å². The van der Waals surface area contributed by atoms with Gasteiger partial charge in [-0.05, 0) is 30.5 Å². The van der Waals surface area contributed by atoms with Crippen LogP contribution in [-0.4, -0.2) is 80.6 Å². The molecule has 2 bridgehead atoms. The monoisotopic (exact) mass is 681 g/mol. The molecule has 1 fully saturated rings. The van der Waals surface area contributed by atoms with E-state index < -0.39 is 50.2 Å². The van der Waals surface area contributed by atoms with E-state index in [0.29, 0.717) is 10.0 Å². The van der Waals surface area contributed by atoms with Crippen LogP contribution in [0.2, 0.25) is 0 Å². The molecule has 0 amide bonds. The van der Waals surface area contributed by atoms with E-state index in [0.717, 1.165) is 11.3 Å². The maximum atomic E-state index is 15.9. The molecule has 6 heterocycles. The number of hydrogen-bond acceptors (Lipinski definition) is 15.